The van der Waals surface area contributed by atoms with Crippen molar-refractivity contribution in [1.29, 1.82) is 0 Å². The van der Waals surface area contributed by atoms with Crippen molar-refractivity contribution < 1.29 is 14.0 Å². The highest BCUT2D eigenvalue weighted by atomic mass is 16.4. The number of amides is 2. The molecule has 142 valence electrons. The number of hydrogen-bond acceptors (Lipinski definition) is 4. The second-order valence-electron chi connectivity index (χ2n) is 6.77. The summed E-state index contributed by atoms with van der Waals surface area (Å²) in [5.74, 6) is -0.579. The third kappa shape index (κ3) is 3.53. The van der Waals surface area contributed by atoms with Gasteiger partial charge in [0.1, 0.15) is 11.1 Å². The first-order chi connectivity index (χ1) is 13.6. The summed E-state index contributed by atoms with van der Waals surface area (Å²) in [5, 5.41) is 3.33. The molecular formula is C22H20N2O4. The van der Waals surface area contributed by atoms with Crippen LogP contribution in [0.3, 0.4) is 0 Å². The number of benzene rings is 2. The van der Waals surface area contributed by atoms with Gasteiger partial charge in [-0.05, 0) is 36.6 Å². The lowest BCUT2D eigenvalue weighted by molar-refractivity contribution is -0.118. The van der Waals surface area contributed by atoms with E-state index < -0.39 is 11.5 Å². The standard InChI is InChI=1S/C22H20N2O4/c25-20(24-13-5-8-15-6-1-3-9-18(15)24)11-12-23-21(26)17-14-16-7-2-4-10-19(16)28-22(17)27/h1-4,6-7,9-10,14H,5,8,11-13H2,(H,23,26). The molecule has 0 atom stereocenters. The van der Waals surface area contributed by atoms with Crippen molar-refractivity contribution in [2.75, 3.05) is 18.0 Å². The lowest BCUT2D eigenvalue weighted by Gasteiger charge is -2.29. The summed E-state index contributed by atoms with van der Waals surface area (Å²) >= 11 is 0. The van der Waals surface area contributed by atoms with Gasteiger partial charge >= 0.3 is 5.63 Å². The fraction of sp³-hybridized carbons (Fsp3) is 0.227. The smallest absolute Gasteiger partial charge is 0.349 e. The second kappa shape index (κ2) is 7.68. The molecule has 1 aliphatic rings. The molecule has 0 fully saturated rings. The average molecular weight is 376 g/mol. The van der Waals surface area contributed by atoms with Crippen LogP contribution >= 0.6 is 0 Å². The Morgan fingerprint density at radius 3 is 2.75 bits per heavy atom. The van der Waals surface area contributed by atoms with Gasteiger partial charge in [0, 0.05) is 30.6 Å². The lowest BCUT2D eigenvalue weighted by atomic mass is 10.0. The predicted molar refractivity (Wildman–Crippen MR) is 107 cm³/mol. The molecule has 0 unspecified atom stereocenters. The Morgan fingerprint density at radius 1 is 1.07 bits per heavy atom. The molecule has 6 heteroatoms. The summed E-state index contributed by atoms with van der Waals surface area (Å²) in [5.41, 5.74) is 1.80. The van der Waals surface area contributed by atoms with E-state index in [-0.39, 0.29) is 24.4 Å². The molecule has 0 radical (unpaired) electrons. The highest BCUT2D eigenvalue weighted by Crippen LogP contribution is 2.27. The normalized spacial score (nSPS) is 13.2. The summed E-state index contributed by atoms with van der Waals surface area (Å²) in [6.45, 7) is 0.834. The molecule has 2 heterocycles. The van der Waals surface area contributed by atoms with E-state index in [1.807, 2.05) is 24.3 Å². The fourth-order valence-corrected chi connectivity index (χ4v) is 3.53. The number of rotatable bonds is 4. The average Bonchev–Trinajstić information content (AvgIpc) is 2.72. The van der Waals surface area contributed by atoms with Crippen molar-refractivity contribution in [3.63, 3.8) is 0 Å². The van der Waals surface area contributed by atoms with Crippen LogP contribution in [0.1, 0.15) is 28.8 Å². The SMILES string of the molecule is O=C(NCCC(=O)N1CCCc2ccccc21)c1cc2ccccc2oc1=O. The van der Waals surface area contributed by atoms with Gasteiger partial charge < -0.3 is 14.6 Å². The van der Waals surface area contributed by atoms with E-state index in [4.69, 9.17) is 4.42 Å². The number of para-hydroxylation sites is 2. The van der Waals surface area contributed by atoms with Crippen LogP contribution in [0, 0.1) is 0 Å². The molecule has 1 aliphatic heterocycles. The number of carbonyl (C=O) groups is 2. The molecule has 6 nitrogen and oxygen atoms in total. The van der Waals surface area contributed by atoms with Crippen LogP contribution in [0.25, 0.3) is 11.0 Å². The summed E-state index contributed by atoms with van der Waals surface area (Å²) in [7, 11) is 0. The topological polar surface area (TPSA) is 79.6 Å². The molecule has 1 N–H and O–H groups in total. The third-order valence-corrected chi connectivity index (χ3v) is 4.92. The Kier molecular flexibility index (Phi) is 4.93. The number of fused-ring (bicyclic) bond motifs is 2. The van der Waals surface area contributed by atoms with Crippen molar-refractivity contribution >= 4 is 28.5 Å². The minimum atomic E-state index is -0.688. The zero-order valence-electron chi connectivity index (χ0n) is 15.3. The number of nitrogens with zero attached hydrogens (tertiary/aromatic N) is 1. The predicted octanol–water partition coefficient (Wildman–Crippen LogP) is 2.89. The zero-order chi connectivity index (χ0) is 19.5. The van der Waals surface area contributed by atoms with Gasteiger partial charge in [0.05, 0.1) is 0 Å². The minimum Gasteiger partial charge on any atom is -0.422 e. The van der Waals surface area contributed by atoms with Gasteiger partial charge in [-0.1, -0.05) is 36.4 Å². The number of aryl methyl sites for hydroxylation is 1. The van der Waals surface area contributed by atoms with Gasteiger partial charge in [0.15, 0.2) is 0 Å². The Hall–Kier alpha value is -3.41. The molecular weight excluding hydrogens is 356 g/mol. The minimum absolute atomic E-state index is 0.0435. The highest BCUT2D eigenvalue weighted by Gasteiger charge is 2.22. The fourth-order valence-electron chi connectivity index (χ4n) is 3.53. The van der Waals surface area contributed by atoms with E-state index in [2.05, 4.69) is 5.32 Å². The summed E-state index contributed by atoms with van der Waals surface area (Å²) in [4.78, 5) is 38.8. The molecule has 0 aliphatic carbocycles. The highest BCUT2D eigenvalue weighted by molar-refractivity contribution is 5.98. The molecule has 1 aromatic heterocycles. The zero-order valence-corrected chi connectivity index (χ0v) is 15.3. The Labute approximate surface area is 161 Å². The summed E-state index contributed by atoms with van der Waals surface area (Å²) < 4.78 is 5.18. The molecule has 0 spiro atoms. The quantitative estimate of drug-likeness (QED) is 0.710. The third-order valence-electron chi connectivity index (χ3n) is 4.92. The van der Waals surface area contributed by atoms with Crippen molar-refractivity contribution in [2.24, 2.45) is 0 Å². The molecule has 28 heavy (non-hydrogen) atoms. The first kappa shape index (κ1) is 18.0. The van der Waals surface area contributed by atoms with Gasteiger partial charge in [0.2, 0.25) is 5.91 Å². The van der Waals surface area contributed by atoms with E-state index in [1.54, 1.807) is 29.2 Å². The van der Waals surface area contributed by atoms with Gasteiger partial charge in [-0.3, -0.25) is 9.59 Å². The van der Waals surface area contributed by atoms with Crippen LogP contribution in [-0.2, 0) is 11.2 Å². The van der Waals surface area contributed by atoms with Crippen LogP contribution < -0.4 is 15.8 Å². The largest absolute Gasteiger partial charge is 0.422 e. The van der Waals surface area contributed by atoms with Crippen molar-refractivity contribution in [3.05, 3.63) is 76.1 Å². The van der Waals surface area contributed by atoms with Crippen LogP contribution in [-0.4, -0.2) is 24.9 Å². The van der Waals surface area contributed by atoms with Gasteiger partial charge in [-0.25, -0.2) is 4.79 Å². The first-order valence-electron chi connectivity index (χ1n) is 9.33. The van der Waals surface area contributed by atoms with Crippen LogP contribution in [0.4, 0.5) is 5.69 Å². The van der Waals surface area contributed by atoms with Crippen molar-refractivity contribution in [3.8, 4) is 0 Å². The van der Waals surface area contributed by atoms with Crippen molar-refractivity contribution in [2.45, 2.75) is 19.3 Å². The van der Waals surface area contributed by atoms with E-state index in [1.165, 1.54) is 11.6 Å². The first-order valence-corrected chi connectivity index (χ1v) is 9.33. The van der Waals surface area contributed by atoms with E-state index in [0.29, 0.717) is 17.5 Å². The van der Waals surface area contributed by atoms with Gasteiger partial charge in [-0.15, -0.1) is 0 Å². The van der Waals surface area contributed by atoms with Crippen LogP contribution in [0.5, 0.6) is 0 Å². The molecule has 0 saturated heterocycles. The lowest BCUT2D eigenvalue weighted by Crippen LogP contribution is -2.38. The molecule has 3 aromatic rings. The molecule has 2 amide bonds. The van der Waals surface area contributed by atoms with Gasteiger partial charge in [-0.2, -0.15) is 0 Å². The summed E-state index contributed by atoms with van der Waals surface area (Å²) in [6, 6.07) is 16.4. The number of anilines is 1. The number of hydrogen-bond donors (Lipinski definition) is 1. The van der Waals surface area contributed by atoms with E-state index in [9.17, 15) is 14.4 Å². The monoisotopic (exact) mass is 376 g/mol. The Balaban J connectivity index is 1.40. The number of carbonyl (C=O) groups excluding carboxylic acids is 2. The van der Waals surface area contributed by atoms with Crippen LogP contribution in [0.15, 0.2) is 63.8 Å². The summed E-state index contributed by atoms with van der Waals surface area (Å²) in [6.07, 6.45) is 2.06. The van der Waals surface area contributed by atoms with Crippen molar-refractivity contribution in [1.82, 2.24) is 5.32 Å². The second-order valence-corrected chi connectivity index (χ2v) is 6.77. The van der Waals surface area contributed by atoms with Gasteiger partial charge in [0.25, 0.3) is 5.91 Å². The number of nitrogens with one attached hydrogen (secondary N) is 1. The van der Waals surface area contributed by atoms with E-state index >= 15 is 0 Å². The van der Waals surface area contributed by atoms with Crippen LogP contribution in [0.2, 0.25) is 0 Å². The molecule has 2 aromatic carbocycles. The van der Waals surface area contributed by atoms with E-state index in [0.717, 1.165) is 18.5 Å². The Bertz CT molecular complexity index is 1100. The molecule has 0 saturated carbocycles. The maximum atomic E-state index is 12.6. The molecule has 0 bridgehead atoms. The maximum Gasteiger partial charge on any atom is 0.349 e. The maximum absolute atomic E-state index is 12.6. The molecule has 4 rings (SSSR count). The Morgan fingerprint density at radius 2 is 1.86 bits per heavy atom.